The first-order chi connectivity index (χ1) is 15.4. The van der Waals surface area contributed by atoms with E-state index in [9.17, 15) is 4.79 Å². The lowest BCUT2D eigenvalue weighted by molar-refractivity contribution is -0.129. The molecule has 0 fully saturated rings. The van der Waals surface area contributed by atoms with Crippen LogP contribution >= 0.6 is 56.8 Å². The van der Waals surface area contributed by atoms with Crippen molar-refractivity contribution in [3.05, 3.63) is 95.2 Å². The zero-order valence-electron chi connectivity index (χ0n) is 16.8. The number of carbonyl (C=O) groups excluding carboxylic acids is 1. The number of hydrogen-bond acceptors (Lipinski definition) is 5. The topological polar surface area (TPSA) is 57.1 Å². The van der Waals surface area contributed by atoms with Gasteiger partial charge in [0.2, 0.25) is 5.90 Å². The number of rotatable bonds is 6. The van der Waals surface area contributed by atoms with E-state index in [-0.39, 0.29) is 11.6 Å². The third-order valence-corrected chi connectivity index (χ3v) is 6.65. The fraction of sp³-hybridized carbons (Fsp3) is 0.0833. The van der Waals surface area contributed by atoms with E-state index in [1.54, 1.807) is 25.3 Å². The van der Waals surface area contributed by atoms with Crippen LogP contribution in [0.5, 0.6) is 11.5 Å². The average Bonchev–Trinajstić information content (AvgIpc) is 3.14. The highest BCUT2D eigenvalue weighted by molar-refractivity contribution is 14.1. The minimum atomic E-state index is -0.521. The van der Waals surface area contributed by atoms with Crippen LogP contribution in [0.1, 0.15) is 16.7 Å². The van der Waals surface area contributed by atoms with Crippen molar-refractivity contribution in [2.75, 3.05) is 7.11 Å². The Hall–Kier alpha value is -2.11. The first kappa shape index (κ1) is 23.1. The molecule has 0 aromatic heterocycles. The molecule has 162 valence electrons. The molecule has 4 rings (SSSR count). The quantitative estimate of drug-likeness (QED) is 0.171. The predicted molar refractivity (Wildman–Crippen MR) is 141 cm³/mol. The second-order valence-electron chi connectivity index (χ2n) is 6.76. The predicted octanol–water partition coefficient (Wildman–Crippen LogP) is 6.48. The summed E-state index contributed by atoms with van der Waals surface area (Å²) in [4.78, 5) is 16.7. The van der Waals surface area contributed by atoms with Crippen molar-refractivity contribution >= 4 is 74.7 Å². The summed E-state index contributed by atoms with van der Waals surface area (Å²) in [5, 5.41) is 0.371. The minimum absolute atomic E-state index is 0.184. The molecule has 1 aliphatic heterocycles. The number of esters is 1. The van der Waals surface area contributed by atoms with Crippen LogP contribution in [-0.2, 0) is 16.1 Å². The molecule has 0 radical (unpaired) electrons. The van der Waals surface area contributed by atoms with Gasteiger partial charge in [0.15, 0.2) is 17.2 Å². The Bertz CT molecular complexity index is 1240. The first-order valence-corrected chi connectivity index (χ1v) is 12.0. The molecule has 0 saturated heterocycles. The molecule has 0 N–H and O–H groups in total. The van der Waals surface area contributed by atoms with Crippen LogP contribution in [0.25, 0.3) is 6.08 Å². The SMILES string of the molecule is COc1cc(/C=C2\N=C(c3ccc(I)cc3)OC2=O)cc(Cl)c1OCc1ccccc1I. The summed E-state index contributed by atoms with van der Waals surface area (Å²) in [5.74, 6) is 0.650. The van der Waals surface area contributed by atoms with Gasteiger partial charge in [-0.25, -0.2) is 9.79 Å². The molecule has 0 aliphatic carbocycles. The van der Waals surface area contributed by atoms with Gasteiger partial charge >= 0.3 is 5.97 Å². The van der Waals surface area contributed by atoms with E-state index in [2.05, 4.69) is 50.2 Å². The van der Waals surface area contributed by atoms with Crippen molar-refractivity contribution in [1.29, 1.82) is 0 Å². The number of methoxy groups -OCH3 is 1. The number of aliphatic imine (C=N–C) groups is 1. The van der Waals surface area contributed by atoms with Gasteiger partial charge in [0, 0.05) is 18.3 Å². The number of hydrogen-bond donors (Lipinski definition) is 0. The molecule has 32 heavy (non-hydrogen) atoms. The van der Waals surface area contributed by atoms with E-state index in [0.29, 0.717) is 28.7 Å². The van der Waals surface area contributed by atoms with E-state index in [4.69, 9.17) is 25.8 Å². The summed E-state index contributed by atoms with van der Waals surface area (Å²) in [7, 11) is 1.54. The molecule has 0 amide bonds. The average molecular weight is 672 g/mol. The molecule has 5 nitrogen and oxygen atoms in total. The molecule has 3 aromatic carbocycles. The number of halogens is 3. The molecule has 8 heteroatoms. The fourth-order valence-electron chi connectivity index (χ4n) is 3.01. The molecule has 0 spiro atoms. The minimum Gasteiger partial charge on any atom is -0.493 e. The molecule has 0 atom stereocenters. The number of benzene rings is 3. The summed E-state index contributed by atoms with van der Waals surface area (Å²) in [6, 6.07) is 19.0. The van der Waals surface area contributed by atoms with E-state index < -0.39 is 5.97 Å². The van der Waals surface area contributed by atoms with Crippen molar-refractivity contribution in [3.8, 4) is 11.5 Å². The van der Waals surface area contributed by atoms with Crippen LogP contribution in [0, 0.1) is 7.14 Å². The van der Waals surface area contributed by atoms with Gasteiger partial charge in [-0.15, -0.1) is 0 Å². The lowest BCUT2D eigenvalue weighted by Crippen LogP contribution is -2.05. The maximum Gasteiger partial charge on any atom is 0.363 e. The van der Waals surface area contributed by atoms with Crippen LogP contribution in [0.4, 0.5) is 0 Å². The number of cyclic esters (lactones) is 1. The Labute approximate surface area is 217 Å². The van der Waals surface area contributed by atoms with E-state index in [1.807, 2.05) is 48.5 Å². The summed E-state index contributed by atoms with van der Waals surface area (Å²) in [6.45, 7) is 0.353. The maximum atomic E-state index is 12.3. The zero-order chi connectivity index (χ0) is 22.7. The lowest BCUT2D eigenvalue weighted by atomic mass is 10.1. The Morgan fingerprint density at radius 3 is 2.56 bits per heavy atom. The van der Waals surface area contributed by atoms with Crippen LogP contribution < -0.4 is 9.47 Å². The number of ether oxygens (including phenoxy) is 3. The van der Waals surface area contributed by atoms with Crippen LogP contribution in [0.3, 0.4) is 0 Å². The smallest absolute Gasteiger partial charge is 0.363 e. The van der Waals surface area contributed by atoms with Crippen molar-refractivity contribution in [1.82, 2.24) is 0 Å². The highest BCUT2D eigenvalue weighted by atomic mass is 127. The molecular weight excluding hydrogens is 656 g/mol. The molecular formula is C24H16ClI2NO4. The second kappa shape index (κ2) is 10.2. The highest BCUT2D eigenvalue weighted by Gasteiger charge is 2.24. The third-order valence-electron chi connectivity index (χ3n) is 4.60. The number of nitrogens with zero attached hydrogens (tertiary/aromatic N) is 1. The van der Waals surface area contributed by atoms with Crippen molar-refractivity contribution in [2.24, 2.45) is 4.99 Å². The van der Waals surface area contributed by atoms with Crippen molar-refractivity contribution in [2.45, 2.75) is 6.61 Å². The highest BCUT2D eigenvalue weighted by Crippen LogP contribution is 2.38. The monoisotopic (exact) mass is 671 g/mol. The normalized spacial score (nSPS) is 14.3. The Balaban J connectivity index is 1.59. The van der Waals surface area contributed by atoms with Crippen LogP contribution in [0.15, 0.2) is 71.4 Å². The van der Waals surface area contributed by atoms with E-state index >= 15 is 0 Å². The molecule has 0 bridgehead atoms. The van der Waals surface area contributed by atoms with Crippen molar-refractivity contribution < 1.29 is 19.0 Å². The summed E-state index contributed by atoms with van der Waals surface area (Å²) >= 11 is 11.0. The van der Waals surface area contributed by atoms with Gasteiger partial charge in [0.25, 0.3) is 0 Å². The van der Waals surface area contributed by atoms with Crippen molar-refractivity contribution in [3.63, 3.8) is 0 Å². The van der Waals surface area contributed by atoms with Gasteiger partial charge in [0.05, 0.1) is 12.1 Å². The second-order valence-corrected chi connectivity index (χ2v) is 9.57. The first-order valence-electron chi connectivity index (χ1n) is 9.47. The summed E-state index contributed by atoms with van der Waals surface area (Å²) in [5.41, 5.74) is 2.61. The van der Waals surface area contributed by atoms with E-state index in [0.717, 1.165) is 18.3 Å². The molecule has 3 aromatic rings. The molecule has 1 aliphatic rings. The van der Waals surface area contributed by atoms with Gasteiger partial charge in [-0.3, -0.25) is 0 Å². The summed E-state index contributed by atoms with van der Waals surface area (Å²) in [6.07, 6.45) is 1.61. The standard InChI is InChI=1S/C24H16ClI2NO4/c1-30-21-12-14(10-18(25)22(21)31-13-16-4-2-3-5-19(16)27)11-20-24(29)32-23(28-20)15-6-8-17(26)9-7-15/h2-12H,13H2,1H3/b20-11-. The lowest BCUT2D eigenvalue weighted by Gasteiger charge is -2.14. The fourth-order valence-corrected chi connectivity index (χ4v) is 4.19. The van der Waals surface area contributed by atoms with Gasteiger partial charge in [-0.2, -0.15) is 0 Å². The third kappa shape index (κ3) is 5.26. The van der Waals surface area contributed by atoms with Gasteiger partial charge in [0.1, 0.15) is 6.61 Å². The Morgan fingerprint density at radius 2 is 1.84 bits per heavy atom. The van der Waals surface area contributed by atoms with Gasteiger partial charge in [-0.05, 0) is 99.3 Å². The Kier molecular flexibility index (Phi) is 7.37. The van der Waals surface area contributed by atoms with Crippen LogP contribution in [0.2, 0.25) is 5.02 Å². The largest absolute Gasteiger partial charge is 0.493 e. The molecule has 1 heterocycles. The molecule has 0 unspecified atom stereocenters. The summed E-state index contributed by atoms with van der Waals surface area (Å²) < 4.78 is 19.0. The van der Waals surface area contributed by atoms with Crippen LogP contribution in [-0.4, -0.2) is 19.0 Å². The Morgan fingerprint density at radius 1 is 1.09 bits per heavy atom. The van der Waals surface area contributed by atoms with Gasteiger partial charge in [-0.1, -0.05) is 29.8 Å². The van der Waals surface area contributed by atoms with Gasteiger partial charge < -0.3 is 14.2 Å². The molecule has 0 saturated carbocycles. The maximum absolute atomic E-state index is 12.3. The van der Waals surface area contributed by atoms with E-state index in [1.165, 1.54) is 0 Å². The number of carbonyl (C=O) groups is 1. The zero-order valence-corrected chi connectivity index (χ0v) is 21.8.